The lowest BCUT2D eigenvalue weighted by atomic mass is 9.90. The van der Waals surface area contributed by atoms with E-state index in [2.05, 4.69) is 266 Å². The SMILES string of the molecule is c1ccc(-c2ccc(-c3ccc(N(c4ccccc4-c4cccc5c4sc4ccccc45)c4ccccc4-c4cccc5cccc(-c6ccccc6)c45)cc3)cc2-c2ccccc2)cc1. The van der Waals surface area contributed by atoms with Crippen LogP contribution in [0.5, 0.6) is 0 Å². The number of benzene rings is 11. The van der Waals surface area contributed by atoms with Gasteiger partial charge in [-0.2, -0.15) is 0 Å². The molecule has 0 aliphatic carbocycles. The van der Waals surface area contributed by atoms with Crippen LogP contribution in [0.2, 0.25) is 0 Å². The van der Waals surface area contributed by atoms with Crippen LogP contribution in [0.1, 0.15) is 0 Å². The van der Waals surface area contributed by atoms with Crippen molar-refractivity contribution in [2.45, 2.75) is 0 Å². The highest BCUT2D eigenvalue weighted by Gasteiger charge is 2.23. The Balaban J connectivity index is 1.06. The number of nitrogens with zero attached hydrogens (tertiary/aromatic N) is 1. The Morgan fingerprint density at radius 2 is 0.758 bits per heavy atom. The van der Waals surface area contributed by atoms with E-state index in [0.29, 0.717) is 0 Å². The summed E-state index contributed by atoms with van der Waals surface area (Å²) >= 11 is 1.88. The van der Waals surface area contributed by atoms with Gasteiger partial charge in [0, 0.05) is 42.6 Å². The third kappa shape index (κ3) is 7.05. The van der Waals surface area contributed by atoms with Crippen LogP contribution in [0.3, 0.4) is 0 Å². The molecule has 0 fully saturated rings. The van der Waals surface area contributed by atoms with Crippen molar-refractivity contribution in [3.63, 3.8) is 0 Å². The fourth-order valence-electron chi connectivity index (χ4n) is 9.84. The zero-order valence-electron chi connectivity index (χ0n) is 36.2. The molecular weight excluding hydrogens is 815 g/mol. The highest BCUT2D eigenvalue weighted by molar-refractivity contribution is 7.26. The normalized spacial score (nSPS) is 11.3. The third-order valence-corrected chi connectivity index (χ3v) is 14.1. The van der Waals surface area contributed by atoms with Crippen LogP contribution < -0.4 is 4.90 Å². The van der Waals surface area contributed by atoms with Crippen molar-refractivity contribution in [1.82, 2.24) is 0 Å². The minimum absolute atomic E-state index is 1.08. The van der Waals surface area contributed by atoms with Gasteiger partial charge in [0.1, 0.15) is 0 Å². The van der Waals surface area contributed by atoms with Gasteiger partial charge in [-0.25, -0.2) is 0 Å². The largest absolute Gasteiger partial charge is 0.309 e. The van der Waals surface area contributed by atoms with Gasteiger partial charge in [0.15, 0.2) is 0 Å². The summed E-state index contributed by atoms with van der Waals surface area (Å²) in [7, 11) is 0. The van der Waals surface area contributed by atoms with E-state index in [-0.39, 0.29) is 0 Å². The van der Waals surface area contributed by atoms with E-state index >= 15 is 0 Å². The average Bonchev–Trinajstić information content (AvgIpc) is 3.79. The van der Waals surface area contributed by atoms with E-state index in [9.17, 15) is 0 Å². The number of rotatable bonds is 9. The molecule has 1 heterocycles. The van der Waals surface area contributed by atoms with Crippen LogP contribution in [0.15, 0.2) is 261 Å². The molecule has 0 aliphatic heterocycles. The molecule has 66 heavy (non-hydrogen) atoms. The summed E-state index contributed by atoms with van der Waals surface area (Å²) in [4.78, 5) is 2.48. The molecule has 12 rings (SSSR count). The summed E-state index contributed by atoms with van der Waals surface area (Å²) in [5.74, 6) is 0. The molecule has 1 nitrogen and oxygen atoms in total. The lowest BCUT2D eigenvalue weighted by Gasteiger charge is -2.30. The van der Waals surface area contributed by atoms with Gasteiger partial charge in [0.2, 0.25) is 0 Å². The highest BCUT2D eigenvalue weighted by atomic mass is 32.1. The number of fused-ring (bicyclic) bond motifs is 4. The first-order valence-corrected chi connectivity index (χ1v) is 23.4. The van der Waals surface area contributed by atoms with Crippen LogP contribution in [-0.2, 0) is 0 Å². The van der Waals surface area contributed by atoms with Crippen molar-refractivity contribution >= 4 is 59.3 Å². The molecule has 0 radical (unpaired) electrons. The summed E-state index contributed by atoms with van der Waals surface area (Å²) in [6.07, 6.45) is 0. The van der Waals surface area contributed by atoms with Gasteiger partial charge in [-0.3, -0.25) is 0 Å². The van der Waals surface area contributed by atoms with Gasteiger partial charge in [-0.1, -0.05) is 224 Å². The summed E-state index contributed by atoms with van der Waals surface area (Å²) in [5, 5.41) is 5.04. The zero-order chi connectivity index (χ0) is 43.8. The molecule has 11 aromatic carbocycles. The van der Waals surface area contributed by atoms with E-state index in [0.717, 1.165) is 28.2 Å². The standard InChI is InChI=1S/C64H43NS/c1-4-19-45(20-5-1)51-42-39-49(43-59(51)47-23-8-3-9-24-47)44-37-40-50(41-38-44)65(61-35-14-11-28-54(61)57-32-18-33-58-55-29-12-15-36-62(55)66-64(57)58)60-34-13-10-27-53(60)56-31-17-26-48-25-16-30-52(63(48)56)46-21-6-2-7-22-46/h1-43H. The number of anilines is 3. The topological polar surface area (TPSA) is 3.24 Å². The molecule has 0 saturated carbocycles. The minimum atomic E-state index is 1.08. The van der Waals surface area contributed by atoms with E-state index in [1.807, 2.05) is 11.3 Å². The first kappa shape index (κ1) is 39.3. The Morgan fingerprint density at radius 3 is 1.44 bits per heavy atom. The highest BCUT2D eigenvalue weighted by Crippen LogP contribution is 2.49. The molecule has 12 aromatic rings. The predicted octanol–water partition coefficient (Wildman–Crippen LogP) is 18.7. The van der Waals surface area contributed by atoms with Crippen molar-refractivity contribution in [2.24, 2.45) is 0 Å². The second kappa shape index (κ2) is 17.0. The van der Waals surface area contributed by atoms with Crippen LogP contribution in [-0.4, -0.2) is 0 Å². The lowest BCUT2D eigenvalue weighted by molar-refractivity contribution is 1.29. The first-order valence-electron chi connectivity index (χ1n) is 22.6. The Labute approximate surface area is 389 Å². The molecule has 2 heteroatoms. The Morgan fingerprint density at radius 1 is 0.273 bits per heavy atom. The molecule has 0 atom stereocenters. The van der Waals surface area contributed by atoms with E-state index in [1.54, 1.807) is 0 Å². The van der Waals surface area contributed by atoms with Crippen molar-refractivity contribution in [3.05, 3.63) is 261 Å². The first-order chi connectivity index (χ1) is 32.8. The molecule has 310 valence electrons. The fraction of sp³-hybridized carbons (Fsp3) is 0. The molecule has 1 aromatic heterocycles. The van der Waals surface area contributed by atoms with Gasteiger partial charge in [-0.15, -0.1) is 11.3 Å². The Hall–Kier alpha value is -8.30. The molecule has 0 bridgehead atoms. The van der Waals surface area contributed by atoms with Crippen LogP contribution in [0, 0.1) is 0 Å². The number of para-hydroxylation sites is 2. The van der Waals surface area contributed by atoms with Gasteiger partial charge in [0.05, 0.1) is 11.4 Å². The van der Waals surface area contributed by atoms with Crippen LogP contribution in [0.4, 0.5) is 17.1 Å². The maximum absolute atomic E-state index is 2.48. The van der Waals surface area contributed by atoms with Gasteiger partial charge >= 0.3 is 0 Å². The van der Waals surface area contributed by atoms with Gasteiger partial charge in [-0.05, 0) is 97.2 Å². The number of thiophene rings is 1. The van der Waals surface area contributed by atoms with Gasteiger partial charge in [0.25, 0.3) is 0 Å². The quantitative estimate of drug-likeness (QED) is 0.140. The second-order valence-electron chi connectivity index (χ2n) is 16.8. The summed E-state index contributed by atoms with van der Waals surface area (Å²) in [6.45, 7) is 0. The maximum atomic E-state index is 2.48. The van der Waals surface area contributed by atoms with Crippen LogP contribution in [0.25, 0.3) is 97.7 Å². The molecule has 0 aliphatic rings. The van der Waals surface area contributed by atoms with E-state index < -0.39 is 0 Å². The van der Waals surface area contributed by atoms with Gasteiger partial charge < -0.3 is 4.90 Å². The van der Waals surface area contributed by atoms with E-state index in [4.69, 9.17) is 0 Å². The minimum Gasteiger partial charge on any atom is -0.309 e. The molecule has 0 saturated heterocycles. The van der Waals surface area contributed by atoms with Crippen molar-refractivity contribution in [3.8, 4) is 66.8 Å². The average molecular weight is 858 g/mol. The number of hydrogen-bond donors (Lipinski definition) is 0. The summed E-state index contributed by atoms with van der Waals surface area (Å²) in [6, 6.07) is 95.2. The molecular formula is C64H43NS. The third-order valence-electron chi connectivity index (χ3n) is 12.9. The smallest absolute Gasteiger partial charge is 0.0540 e. The van der Waals surface area contributed by atoms with Crippen molar-refractivity contribution < 1.29 is 0 Å². The molecule has 0 spiro atoms. The fourth-order valence-corrected chi connectivity index (χ4v) is 11.1. The molecule has 0 N–H and O–H groups in total. The van der Waals surface area contributed by atoms with E-state index in [1.165, 1.54) is 86.6 Å². The zero-order valence-corrected chi connectivity index (χ0v) is 37.0. The summed E-state index contributed by atoms with van der Waals surface area (Å²) < 4.78 is 2.59. The summed E-state index contributed by atoms with van der Waals surface area (Å²) in [5.41, 5.74) is 17.7. The second-order valence-corrected chi connectivity index (χ2v) is 17.8. The predicted molar refractivity (Wildman–Crippen MR) is 284 cm³/mol. The number of hydrogen-bond acceptors (Lipinski definition) is 2. The molecule has 0 unspecified atom stereocenters. The van der Waals surface area contributed by atoms with Crippen molar-refractivity contribution in [2.75, 3.05) is 4.90 Å². The van der Waals surface area contributed by atoms with Crippen LogP contribution >= 0.6 is 11.3 Å². The monoisotopic (exact) mass is 857 g/mol. The lowest BCUT2D eigenvalue weighted by Crippen LogP contribution is -2.12. The van der Waals surface area contributed by atoms with Crippen molar-refractivity contribution in [1.29, 1.82) is 0 Å². The Bertz CT molecular complexity index is 3680. The maximum Gasteiger partial charge on any atom is 0.0540 e. The Kier molecular flexibility index (Phi) is 10.1. The molecule has 0 amide bonds.